The van der Waals surface area contributed by atoms with Gasteiger partial charge in [-0.2, -0.15) is 0 Å². The maximum Gasteiger partial charge on any atom is 0.0962 e. The highest BCUT2D eigenvalue weighted by Crippen LogP contribution is 2.16. The standard InChI is InChI=1S/C10H19N5/c1-14-4-2-3-9(6-14)7-15-8-10(5-11)12-13-15/h8-9H,2-7,11H2,1H3/t9-/m1/s1. The van der Waals surface area contributed by atoms with Gasteiger partial charge in [0, 0.05) is 25.8 Å². The Morgan fingerprint density at radius 3 is 3.13 bits per heavy atom. The van der Waals surface area contributed by atoms with Crippen molar-refractivity contribution in [3.63, 3.8) is 0 Å². The molecule has 15 heavy (non-hydrogen) atoms. The Labute approximate surface area is 90.2 Å². The molecule has 5 nitrogen and oxygen atoms in total. The monoisotopic (exact) mass is 209 g/mol. The van der Waals surface area contributed by atoms with Crippen LogP contribution < -0.4 is 5.73 Å². The van der Waals surface area contributed by atoms with E-state index >= 15 is 0 Å². The van der Waals surface area contributed by atoms with Gasteiger partial charge in [-0.25, -0.2) is 0 Å². The Morgan fingerprint density at radius 1 is 1.60 bits per heavy atom. The lowest BCUT2D eigenvalue weighted by Crippen LogP contribution is -2.34. The van der Waals surface area contributed by atoms with Crippen molar-refractivity contribution in [3.05, 3.63) is 11.9 Å². The molecule has 1 atom stereocenters. The highest BCUT2D eigenvalue weighted by molar-refractivity contribution is 4.90. The molecule has 1 aromatic heterocycles. The number of piperidine rings is 1. The molecule has 0 radical (unpaired) electrons. The maximum absolute atomic E-state index is 5.49. The first-order chi connectivity index (χ1) is 7.28. The maximum atomic E-state index is 5.49. The zero-order valence-electron chi connectivity index (χ0n) is 9.26. The van der Waals surface area contributed by atoms with E-state index in [2.05, 4.69) is 22.3 Å². The number of likely N-dealkylation sites (tertiary alicyclic amines) is 1. The van der Waals surface area contributed by atoms with Gasteiger partial charge in [-0.3, -0.25) is 4.68 Å². The fraction of sp³-hybridized carbons (Fsp3) is 0.800. The Hall–Kier alpha value is -0.940. The van der Waals surface area contributed by atoms with Crippen LogP contribution in [0.5, 0.6) is 0 Å². The highest BCUT2D eigenvalue weighted by Gasteiger charge is 2.17. The van der Waals surface area contributed by atoms with Gasteiger partial charge in [0.05, 0.1) is 5.69 Å². The van der Waals surface area contributed by atoms with Gasteiger partial charge in [-0.05, 0) is 32.4 Å². The molecule has 2 rings (SSSR count). The van der Waals surface area contributed by atoms with Crippen LogP contribution in [0.4, 0.5) is 0 Å². The smallest absolute Gasteiger partial charge is 0.0962 e. The molecule has 0 amide bonds. The molecule has 1 aromatic rings. The van der Waals surface area contributed by atoms with Crippen molar-refractivity contribution in [3.8, 4) is 0 Å². The molecule has 0 spiro atoms. The molecule has 1 aliphatic heterocycles. The zero-order valence-corrected chi connectivity index (χ0v) is 9.26. The van der Waals surface area contributed by atoms with E-state index in [0.29, 0.717) is 12.5 Å². The van der Waals surface area contributed by atoms with Crippen LogP contribution in [0.15, 0.2) is 6.20 Å². The molecule has 0 aromatic carbocycles. The van der Waals surface area contributed by atoms with Gasteiger partial charge in [0.25, 0.3) is 0 Å². The normalized spacial score (nSPS) is 23.2. The van der Waals surface area contributed by atoms with E-state index in [4.69, 9.17) is 5.73 Å². The molecule has 1 saturated heterocycles. The summed E-state index contributed by atoms with van der Waals surface area (Å²) in [6.45, 7) is 3.83. The van der Waals surface area contributed by atoms with Crippen LogP contribution in [-0.4, -0.2) is 40.0 Å². The average molecular weight is 209 g/mol. The SMILES string of the molecule is CN1CCC[C@@H](Cn2cc(CN)nn2)C1. The summed E-state index contributed by atoms with van der Waals surface area (Å²) in [7, 11) is 2.18. The Morgan fingerprint density at radius 2 is 2.47 bits per heavy atom. The number of hydrogen-bond acceptors (Lipinski definition) is 4. The van der Waals surface area contributed by atoms with Crippen molar-refractivity contribution in [1.29, 1.82) is 0 Å². The first-order valence-electron chi connectivity index (χ1n) is 5.55. The third-order valence-corrected chi connectivity index (χ3v) is 2.96. The molecular formula is C10H19N5. The fourth-order valence-corrected chi connectivity index (χ4v) is 2.21. The molecule has 0 unspecified atom stereocenters. The third kappa shape index (κ3) is 2.76. The molecule has 5 heteroatoms. The summed E-state index contributed by atoms with van der Waals surface area (Å²) < 4.78 is 1.92. The van der Waals surface area contributed by atoms with Gasteiger partial charge in [0.2, 0.25) is 0 Å². The lowest BCUT2D eigenvalue weighted by molar-refractivity contribution is 0.190. The highest BCUT2D eigenvalue weighted by atomic mass is 15.4. The lowest BCUT2D eigenvalue weighted by atomic mass is 9.99. The van der Waals surface area contributed by atoms with E-state index in [1.54, 1.807) is 0 Å². The van der Waals surface area contributed by atoms with Crippen LogP contribution in [0.1, 0.15) is 18.5 Å². The fourth-order valence-electron chi connectivity index (χ4n) is 2.21. The van der Waals surface area contributed by atoms with Gasteiger partial charge in [-0.15, -0.1) is 5.10 Å². The van der Waals surface area contributed by atoms with Crippen LogP contribution in [0.2, 0.25) is 0 Å². The van der Waals surface area contributed by atoms with Crippen molar-refractivity contribution >= 4 is 0 Å². The number of rotatable bonds is 3. The third-order valence-electron chi connectivity index (χ3n) is 2.96. The molecule has 0 saturated carbocycles. The number of nitrogens with zero attached hydrogens (tertiary/aromatic N) is 4. The molecular weight excluding hydrogens is 190 g/mol. The summed E-state index contributed by atoms with van der Waals surface area (Å²) in [6, 6.07) is 0. The lowest BCUT2D eigenvalue weighted by Gasteiger charge is -2.29. The summed E-state index contributed by atoms with van der Waals surface area (Å²) in [6.07, 6.45) is 4.54. The van der Waals surface area contributed by atoms with Crippen LogP contribution in [0, 0.1) is 5.92 Å². The molecule has 0 aliphatic carbocycles. The van der Waals surface area contributed by atoms with E-state index in [9.17, 15) is 0 Å². The number of aromatic nitrogens is 3. The molecule has 2 N–H and O–H groups in total. The van der Waals surface area contributed by atoms with Crippen LogP contribution in [0.25, 0.3) is 0 Å². The minimum atomic E-state index is 0.477. The van der Waals surface area contributed by atoms with Gasteiger partial charge in [0.15, 0.2) is 0 Å². The van der Waals surface area contributed by atoms with E-state index in [0.717, 1.165) is 18.8 Å². The van der Waals surface area contributed by atoms with Crippen LogP contribution in [-0.2, 0) is 13.1 Å². The summed E-state index contributed by atoms with van der Waals surface area (Å²) in [5.41, 5.74) is 6.37. The van der Waals surface area contributed by atoms with Crippen LogP contribution >= 0.6 is 0 Å². The second-order valence-corrected chi connectivity index (χ2v) is 4.41. The second-order valence-electron chi connectivity index (χ2n) is 4.41. The summed E-state index contributed by atoms with van der Waals surface area (Å²) >= 11 is 0. The van der Waals surface area contributed by atoms with Crippen molar-refractivity contribution in [2.24, 2.45) is 11.7 Å². The molecule has 1 aliphatic rings. The quantitative estimate of drug-likeness (QED) is 0.766. The number of hydrogen-bond donors (Lipinski definition) is 1. The van der Waals surface area contributed by atoms with E-state index in [1.165, 1.54) is 19.4 Å². The van der Waals surface area contributed by atoms with Crippen LogP contribution in [0.3, 0.4) is 0 Å². The van der Waals surface area contributed by atoms with Crippen molar-refractivity contribution in [1.82, 2.24) is 19.9 Å². The van der Waals surface area contributed by atoms with E-state index in [-0.39, 0.29) is 0 Å². The first-order valence-corrected chi connectivity index (χ1v) is 5.55. The van der Waals surface area contributed by atoms with Gasteiger partial charge in [-0.1, -0.05) is 5.21 Å². The topological polar surface area (TPSA) is 60.0 Å². The zero-order chi connectivity index (χ0) is 10.7. The van der Waals surface area contributed by atoms with E-state index < -0.39 is 0 Å². The first kappa shape index (κ1) is 10.6. The van der Waals surface area contributed by atoms with E-state index in [1.807, 2.05) is 10.9 Å². The largest absolute Gasteiger partial charge is 0.325 e. The van der Waals surface area contributed by atoms with Gasteiger partial charge < -0.3 is 10.6 Å². The Balaban J connectivity index is 1.90. The van der Waals surface area contributed by atoms with Gasteiger partial charge in [0.1, 0.15) is 0 Å². The molecule has 2 heterocycles. The molecule has 1 fully saturated rings. The number of nitrogens with two attached hydrogens (primary N) is 1. The Kier molecular flexibility index (Phi) is 3.33. The second kappa shape index (κ2) is 4.72. The summed E-state index contributed by atoms with van der Waals surface area (Å²) in [5, 5.41) is 8.07. The molecule has 84 valence electrons. The minimum Gasteiger partial charge on any atom is -0.325 e. The van der Waals surface area contributed by atoms with Crippen molar-refractivity contribution in [2.75, 3.05) is 20.1 Å². The van der Waals surface area contributed by atoms with Crippen molar-refractivity contribution < 1.29 is 0 Å². The minimum absolute atomic E-state index is 0.477. The predicted molar refractivity (Wildman–Crippen MR) is 58.1 cm³/mol. The van der Waals surface area contributed by atoms with Gasteiger partial charge >= 0.3 is 0 Å². The average Bonchev–Trinajstić information content (AvgIpc) is 2.65. The summed E-state index contributed by atoms with van der Waals surface area (Å²) in [5.74, 6) is 0.705. The Bertz CT molecular complexity index is 309. The molecule has 0 bridgehead atoms. The predicted octanol–water partition coefficient (Wildman–Crippen LogP) is 0.0786. The van der Waals surface area contributed by atoms with Crippen molar-refractivity contribution in [2.45, 2.75) is 25.9 Å². The summed E-state index contributed by atoms with van der Waals surface area (Å²) in [4.78, 5) is 2.38.